The molecule has 0 bridgehead atoms. The summed E-state index contributed by atoms with van der Waals surface area (Å²) in [6, 6.07) is 6.82. The topological polar surface area (TPSA) is 54.0 Å². The lowest BCUT2D eigenvalue weighted by molar-refractivity contribution is -0.123. The second-order valence-electron chi connectivity index (χ2n) is 8.13. The quantitative estimate of drug-likeness (QED) is 0.706. The van der Waals surface area contributed by atoms with Gasteiger partial charge in [0.1, 0.15) is 0 Å². The Labute approximate surface area is 180 Å². The minimum Gasteiger partial charge on any atom is -0.493 e. The second-order valence-corrected chi connectivity index (χ2v) is 9.55. The van der Waals surface area contributed by atoms with Crippen molar-refractivity contribution in [3.63, 3.8) is 0 Å². The molecule has 1 aromatic carbocycles. The first kappa shape index (κ1) is 21.0. The van der Waals surface area contributed by atoms with Gasteiger partial charge in [-0.25, -0.2) is 0 Å². The molecule has 1 amide bonds. The lowest BCUT2D eigenvalue weighted by Crippen LogP contribution is -2.39. The van der Waals surface area contributed by atoms with Gasteiger partial charge in [-0.15, -0.1) is 0 Å². The Bertz CT molecular complexity index is 909. The van der Waals surface area contributed by atoms with E-state index in [0.717, 1.165) is 36.1 Å². The number of hydrogen-bond acceptors (Lipinski definition) is 5. The fourth-order valence-electron chi connectivity index (χ4n) is 4.23. The Morgan fingerprint density at radius 3 is 2.73 bits per heavy atom. The van der Waals surface area contributed by atoms with Crippen LogP contribution in [0.15, 0.2) is 48.3 Å². The maximum Gasteiger partial charge on any atom is 0.252 e. The Morgan fingerprint density at radius 2 is 2.00 bits per heavy atom. The molecule has 6 nitrogen and oxygen atoms in total. The molecule has 4 rings (SSSR count). The van der Waals surface area contributed by atoms with E-state index in [-0.39, 0.29) is 11.7 Å². The average Bonchev–Trinajstić information content (AvgIpc) is 3.20. The largest absolute Gasteiger partial charge is 0.493 e. The van der Waals surface area contributed by atoms with E-state index in [9.17, 15) is 4.79 Å². The molecule has 0 aromatic heterocycles. The molecule has 1 fully saturated rings. The van der Waals surface area contributed by atoms with Crippen molar-refractivity contribution in [2.24, 2.45) is 0 Å². The molecule has 0 saturated carbocycles. The van der Waals surface area contributed by atoms with Crippen molar-refractivity contribution in [3.8, 4) is 11.5 Å². The number of likely N-dealkylation sites (tertiary alicyclic amines) is 1. The van der Waals surface area contributed by atoms with Crippen LogP contribution in [0.5, 0.6) is 11.5 Å². The van der Waals surface area contributed by atoms with Crippen LogP contribution in [0.25, 0.3) is 5.31 Å². The van der Waals surface area contributed by atoms with Crippen LogP contribution in [0.3, 0.4) is 0 Å². The number of nitrogens with zero attached hydrogens (tertiary/aromatic N) is 2. The molecule has 0 radical (unpaired) electrons. The normalized spacial score (nSPS) is 24.2. The van der Waals surface area contributed by atoms with Gasteiger partial charge >= 0.3 is 0 Å². The average molecular weight is 427 g/mol. The maximum atomic E-state index is 12.9. The van der Waals surface area contributed by atoms with E-state index in [1.807, 2.05) is 29.3 Å². The van der Waals surface area contributed by atoms with Gasteiger partial charge in [-0.1, -0.05) is 34.6 Å². The molecule has 0 spiro atoms. The Morgan fingerprint density at radius 1 is 1.20 bits per heavy atom. The van der Waals surface area contributed by atoms with Gasteiger partial charge < -0.3 is 24.6 Å². The maximum absolute atomic E-state index is 12.9. The van der Waals surface area contributed by atoms with E-state index in [4.69, 9.17) is 9.47 Å². The third kappa shape index (κ3) is 4.26. The minimum absolute atomic E-state index is 0.0291. The molecule has 3 heterocycles. The monoisotopic (exact) mass is 427 g/mol. The molecule has 3 atom stereocenters. The number of hydrogen-bond donors (Lipinski definition) is 1. The summed E-state index contributed by atoms with van der Waals surface area (Å²) < 4.78 is 10.8. The molecular weight excluding hydrogens is 397 g/mol. The predicted octanol–water partition coefficient (Wildman–Crippen LogP) is 3.38. The molecule has 0 aliphatic carbocycles. The lowest BCUT2D eigenvalue weighted by atomic mass is 10.1. The third-order valence-corrected chi connectivity index (χ3v) is 7.17. The van der Waals surface area contributed by atoms with E-state index in [1.54, 1.807) is 20.3 Å². The SMILES string of the molecule is COc1ccc(C2=CC(=O)N3C=C(N4CCC(NC(C)C)C4)C=CC3P2)cc1OC. The number of amides is 1. The molecule has 7 heteroatoms. The molecule has 30 heavy (non-hydrogen) atoms. The molecule has 1 saturated heterocycles. The van der Waals surface area contributed by atoms with Crippen LogP contribution in [0.1, 0.15) is 25.8 Å². The lowest BCUT2D eigenvalue weighted by Gasteiger charge is -2.35. The Balaban J connectivity index is 1.50. The summed E-state index contributed by atoms with van der Waals surface area (Å²) >= 11 is 0. The van der Waals surface area contributed by atoms with Crippen molar-refractivity contribution < 1.29 is 14.3 Å². The fraction of sp³-hybridized carbons (Fsp3) is 0.435. The van der Waals surface area contributed by atoms with E-state index >= 15 is 0 Å². The van der Waals surface area contributed by atoms with Crippen LogP contribution < -0.4 is 14.8 Å². The van der Waals surface area contributed by atoms with Crippen molar-refractivity contribution in [2.75, 3.05) is 27.3 Å². The smallest absolute Gasteiger partial charge is 0.252 e. The highest BCUT2D eigenvalue weighted by Gasteiger charge is 2.31. The highest BCUT2D eigenvalue weighted by molar-refractivity contribution is 7.51. The number of ether oxygens (including phenoxy) is 2. The van der Waals surface area contributed by atoms with E-state index in [2.05, 4.69) is 36.2 Å². The first-order valence-corrected chi connectivity index (χ1v) is 11.5. The summed E-state index contributed by atoms with van der Waals surface area (Å²) in [6.07, 6.45) is 9.27. The Hall–Kier alpha value is -2.30. The van der Waals surface area contributed by atoms with Gasteiger partial charge in [-0.2, -0.15) is 0 Å². The summed E-state index contributed by atoms with van der Waals surface area (Å²) in [5.41, 5.74) is 2.13. The van der Waals surface area contributed by atoms with Crippen molar-refractivity contribution in [3.05, 3.63) is 53.9 Å². The minimum atomic E-state index is 0.0291. The highest BCUT2D eigenvalue weighted by Crippen LogP contribution is 2.46. The van der Waals surface area contributed by atoms with Crippen molar-refractivity contribution >= 4 is 19.8 Å². The zero-order valence-corrected chi connectivity index (χ0v) is 19.0. The molecule has 3 aliphatic rings. The number of fused-ring (bicyclic) bond motifs is 1. The first-order valence-electron chi connectivity index (χ1n) is 10.4. The summed E-state index contributed by atoms with van der Waals surface area (Å²) in [5.74, 6) is 1.47. The van der Waals surface area contributed by atoms with Gasteiger partial charge in [0, 0.05) is 37.4 Å². The van der Waals surface area contributed by atoms with Gasteiger partial charge in [-0.3, -0.25) is 4.79 Å². The zero-order chi connectivity index (χ0) is 21.3. The number of nitrogens with one attached hydrogen (secondary N) is 1. The Kier molecular flexibility index (Phi) is 6.16. The number of rotatable bonds is 6. The molecular formula is C23H30N3O3P. The third-order valence-electron chi connectivity index (χ3n) is 5.66. The molecule has 3 unspecified atom stereocenters. The number of methoxy groups -OCH3 is 2. The molecule has 3 aliphatic heterocycles. The van der Waals surface area contributed by atoms with E-state index in [1.165, 1.54) is 0 Å². The van der Waals surface area contributed by atoms with Crippen molar-refractivity contribution in [1.82, 2.24) is 15.1 Å². The van der Waals surface area contributed by atoms with Crippen LogP contribution in [0.4, 0.5) is 0 Å². The van der Waals surface area contributed by atoms with Crippen molar-refractivity contribution in [1.29, 1.82) is 0 Å². The predicted molar refractivity (Wildman–Crippen MR) is 122 cm³/mol. The second kappa shape index (κ2) is 8.83. The molecule has 160 valence electrons. The summed E-state index contributed by atoms with van der Waals surface area (Å²) in [5, 5.41) is 4.66. The summed E-state index contributed by atoms with van der Waals surface area (Å²) in [7, 11) is 3.73. The number of allylic oxidation sites excluding steroid dienone is 1. The summed E-state index contributed by atoms with van der Waals surface area (Å²) in [4.78, 5) is 17.2. The van der Waals surface area contributed by atoms with Gasteiger partial charge in [0.2, 0.25) is 0 Å². The van der Waals surface area contributed by atoms with E-state index < -0.39 is 0 Å². The first-order chi connectivity index (χ1) is 14.5. The van der Waals surface area contributed by atoms with Crippen LogP contribution in [0.2, 0.25) is 0 Å². The molecule has 1 N–H and O–H groups in total. The number of carbonyl (C=O) groups excluding carboxylic acids is 1. The van der Waals surface area contributed by atoms with E-state index in [0.29, 0.717) is 32.2 Å². The standard InChI is InChI=1S/C23H30N3O3P/c1-15(2)24-17-9-10-25(13-17)18-6-8-23-26(14-18)22(27)12-21(30-23)16-5-7-19(28-3)20(11-16)29-4/h5-8,11-12,14-15,17,23-24,30H,9-10,13H2,1-4H3. The summed E-state index contributed by atoms with van der Waals surface area (Å²) in [6.45, 7) is 6.36. The van der Waals surface area contributed by atoms with Crippen LogP contribution in [-0.4, -0.2) is 60.9 Å². The highest BCUT2D eigenvalue weighted by atomic mass is 31.1. The van der Waals surface area contributed by atoms with Gasteiger partial charge in [0.15, 0.2) is 11.5 Å². The van der Waals surface area contributed by atoms with Crippen LogP contribution >= 0.6 is 8.58 Å². The fourth-order valence-corrected chi connectivity index (χ4v) is 5.61. The number of benzene rings is 1. The van der Waals surface area contributed by atoms with Gasteiger partial charge in [0.05, 0.1) is 25.7 Å². The van der Waals surface area contributed by atoms with Gasteiger partial charge in [-0.05, 0) is 35.5 Å². The van der Waals surface area contributed by atoms with Gasteiger partial charge in [0.25, 0.3) is 5.91 Å². The van der Waals surface area contributed by atoms with Crippen LogP contribution in [0, 0.1) is 0 Å². The van der Waals surface area contributed by atoms with Crippen molar-refractivity contribution in [2.45, 2.75) is 38.1 Å². The molecule has 1 aromatic rings. The zero-order valence-electron chi connectivity index (χ0n) is 18.0. The van der Waals surface area contributed by atoms with Crippen LogP contribution in [-0.2, 0) is 4.79 Å². The number of carbonyl (C=O) groups is 1.